The van der Waals surface area contributed by atoms with Gasteiger partial charge in [0.15, 0.2) is 0 Å². The van der Waals surface area contributed by atoms with Gasteiger partial charge in [-0.05, 0) is 35.3 Å². The maximum atomic E-state index is 11.1. The Balaban J connectivity index is 2.31. The van der Waals surface area contributed by atoms with Gasteiger partial charge in [0, 0.05) is 23.2 Å². The first kappa shape index (κ1) is 13.0. The number of aromatic nitrogens is 2. The van der Waals surface area contributed by atoms with Crippen molar-refractivity contribution in [2.75, 3.05) is 0 Å². The summed E-state index contributed by atoms with van der Waals surface area (Å²) in [7, 11) is 0. The van der Waals surface area contributed by atoms with Crippen LogP contribution in [0.2, 0.25) is 0 Å². The SMILES string of the molecule is O=C(Cl)c1cnc2c(ccc3cc(C(=O)Cl)cnc32)c1. The molecule has 0 saturated carbocycles. The molecule has 0 bridgehead atoms. The van der Waals surface area contributed by atoms with E-state index in [-0.39, 0.29) is 0 Å². The summed E-state index contributed by atoms with van der Waals surface area (Å²) < 4.78 is 0. The molecule has 98 valence electrons. The molecule has 0 amide bonds. The van der Waals surface area contributed by atoms with Crippen LogP contribution in [-0.2, 0) is 0 Å². The molecule has 0 spiro atoms. The summed E-state index contributed by atoms with van der Waals surface area (Å²) >= 11 is 10.9. The summed E-state index contributed by atoms with van der Waals surface area (Å²) in [6.45, 7) is 0. The fourth-order valence-corrected chi connectivity index (χ4v) is 2.21. The third-order valence-electron chi connectivity index (χ3n) is 2.96. The van der Waals surface area contributed by atoms with E-state index in [1.807, 2.05) is 0 Å². The second-order valence-electron chi connectivity index (χ2n) is 4.20. The first-order valence-corrected chi connectivity index (χ1v) is 6.40. The number of rotatable bonds is 2. The van der Waals surface area contributed by atoms with Gasteiger partial charge >= 0.3 is 0 Å². The molecule has 0 unspecified atom stereocenters. The number of hydrogen-bond acceptors (Lipinski definition) is 4. The van der Waals surface area contributed by atoms with E-state index in [1.165, 1.54) is 12.4 Å². The molecule has 20 heavy (non-hydrogen) atoms. The highest BCUT2D eigenvalue weighted by Crippen LogP contribution is 2.24. The van der Waals surface area contributed by atoms with Gasteiger partial charge in [0.2, 0.25) is 0 Å². The minimum absolute atomic E-state index is 0.325. The minimum Gasteiger partial charge on any atom is -0.276 e. The standard InChI is InChI=1S/C14H6Cl2N2O2/c15-13(19)9-3-7-1-2-8-4-10(14(16)20)6-18-12(8)11(7)17-5-9/h1-6H. The molecule has 0 saturated heterocycles. The molecular weight excluding hydrogens is 299 g/mol. The van der Waals surface area contributed by atoms with Crippen LogP contribution in [0.4, 0.5) is 0 Å². The van der Waals surface area contributed by atoms with Crippen molar-refractivity contribution in [2.45, 2.75) is 0 Å². The van der Waals surface area contributed by atoms with Crippen molar-refractivity contribution in [3.63, 3.8) is 0 Å². The number of nitrogens with zero attached hydrogens (tertiary/aromatic N) is 2. The van der Waals surface area contributed by atoms with Crippen molar-refractivity contribution in [1.82, 2.24) is 9.97 Å². The summed E-state index contributed by atoms with van der Waals surface area (Å²) in [6.07, 6.45) is 2.80. The molecule has 6 heteroatoms. The lowest BCUT2D eigenvalue weighted by molar-refractivity contribution is 0.107. The van der Waals surface area contributed by atoms with Crippen LogP contribution < -0.4 is 0 Å². The molecule has 0 N–H and O–H groups in total. The molecule has 4 nitrogen and oxygen atoms in total. The third-order valence-corrected chi connectivity index (χ3v) is 3.39. The largest absolute Gasteiger partial charge is 0.276 e. The molecule has 1 aromatic carbocycles. The van der Waals surface area contributed by atoms with Crippen molar-refractivity contribution in [3.05, 3.63) is 47.8 Å². The normalized spacial score (nSPS) is 10.9. The Bertz CT molecular complexity index is 805. The molecule has 3 aromatic rings. The maximum Gasteiger partial charge on any atom is 0.253 e. The fraction of sp³-hybridized carbons (Fsp3) is 0. The predicted octanol–water partition coefficient (Wildman–Crippen LogP) is 3.54. The number of fused-ring (bicyclic) bond motifs is 3. The van der Waals surface area contributed by atoms with Gasteiger partial charge in [-0.15, -0.1) is 0 Å². The lowest BCUT2D eigenvalue weighted by Crippen LogP contribution is -1.94. The summed E-state index contributed by atoms with van der Waals surface area (Å²) in [5, 5.41) is 0.383. The van der Waals surface area contributed by atoms with Crippen LogP contribution >= 0.6 is 23.2 Å². The molecule has 0 atom stereocenters. The van der Waals surface area contributed by atoms with E-state index < -0.39 is 10.5 Å². The molecule has 0 aliphatic heterocycles. The Morgan fingerprint density at radius 3 is 1.55 bits per heavy atom. The van der Waals surface area contributed by atoms with E-state index in [1.54, 1.807) is 24.3 Å². The van der Waals surface area contributed by atoms with Gasteiger partial charge in [-0.25, -0.2) is 0 Å². The summed E-state index contributed by atoms with van der Waals surface area (Å²) in [5.41, 5.74) is 1.92. The molecule has 0 aliphatic rings. The number of pyridine rings is 2. The number of halogens is 2. The van der Waals surface area contributed by atoms with Crippen molar-refractivity contribution in [3.8, 4) is 0 Å². The van der Waals surface area contributed by atoms with Crippen molar-refractivity contribution >= 4 is 55.5 Å². The Kier molecular flexibility index (Phi) is 3.12. The topological polar surface area (TPSA) is 59.9 Å². The summed E-state index contributed by atoms with van der Waals surface area (Å²) in [5.74, 6) is 0. The molecule has 2 aromatic heterocycles. The fourth-order valence-electron chi connectivity index (χ4n) is 2.01. The Hall–Kier alpha value is -2.04. The average Bonchev–Trinajstić information content (AvgIpc) is 2.45. The average molecular weight is 305 g/mol. The highest BCUT2D eigenvalue weighted by Gasteiger charge is 2.09. The third kappa shape index (κ3) is 2.13. The van der Waals surface area contributed by atoms with Crippen LogP contribution in [0, 0.1) is 0 Å². The second kappa shape index (κ2) is 4.81. The van der Waals surface area contributed by atoms with Crippen LogP contribution in [0.5, 0.6) is 0 Å². The predicted molar refractivity (Wildman–Crippen MR) is 77.4 cm³/mol. The molecule has 3 rings (SSSR count). The number of carbonyl (C=O) groups is 2. The van der Waals surface area contributed by atoms with Gasteiger partial charge in [0.05, 0.1) is 22.2 Å². The van der Waals surface area contributed by atoms with Crippen molar-refractivity contribution in [2.24, 2.45) is 0 Å². The van der Waals surface area contributed by atoms with E-state index in [4.69, 9.17) is 23.2 Å². The number of benzene rings is 1. The quantitative estimate of drug-likeness (QED) is 0.536. The van der Waals surface area contributed by atoms with E-state index in [0.29, 0.717) is 22.2 Å². The van der Waals surface area contributed by atoms with Gasteiger partial charge in [-0.2, -0.15) is 0 Å². The van der Waals surface area contributed by atoms with Crippen LogP contribution in [0.3, 0.4) is 0 Å². The van der Waals surface area contributed by atoms with E-state index in [9.17, 15) is 9.59 Å². The van der Waals surface area contributed by atoms with Gasteiger partial charge in [-0.1, -0.05) is 12.1 Å². The molecule has 0 aliphatic carbocycles. The maximum absolute atomic E-state index is 11.1. The Morgan fingerprint density at radius 2 is 1.20 bits per heavy atom. The van der Waals surface area contributed by atoms with Crippen LogP contribution in [0.15, 0.2) is 36.7 Å². The van der Waals surface area contributed by atoms with Crippen molar-refractivity contribution in [1.29, 1.82) is 0 Å². The van der Waals surface area contributed by atoms with Crippen LogP contribution in [0.25, 0.3) is 21.8 Å². The summed E-state index contributed by atoms with van der Waals surface area (Å²) in [4.78, 5) is 30.7. The highest BCUT2D eigenvalue weighted by molar-refractivity contribution is 6.68. The zero-order valence-electron chi connectivity index (χ0n) is 9.93. The lowest BCUT2D eigenvalue weighted by atomic mass is 10.1. The first-order chi connectivity index (χ1) is 9.56. The minimum atomic E-state index is -0.560. The number of hydrogen-bond donors (Lipinski definition) is 0. The van der Waals surface area contributed by atoms with Gasteiger partial charge in [0.25, 0.3) is 10.5 Å². The molecular formula is C14H6Cl2N2O2. The van der Waals surface area contributed by atoms with E-state index >= 15 is 0 Å². The smallest absolute Gasteiger partial charge is 0.253 e. The summed E-state index contributed by atoms with van der Waals surface area (Å²) in [6, 6.07) is 6.88. The Morgan fingerprint density at radius 1 is 0.800 bits per heavy atom. The zero-order chi connectivity index (χ0) is 14.3. The van der Waals surface area contributed by atoms with Gasteiger partial charge in [0.1, 0.15) is 0 Å². The zero-order valence-corrected chi connectivity index (χ0v) is 11.4. The van der Waals surface area contributed by atoms with Crippen LogP contribution in [-0.4, -0.2) is 20.5 Å². The van der Waals surface area contributed by atoms with E-state index in [0.717, 1.165) is 10.8 Å². The van der Waals surface area contributed by atoms with Crippen LogP contribution in [0.1, 0.15) is 20.7 Å². The monoisotopic (exact) mass is 304 g/mol. The molecule has 2 heterocycles. The van der Waals surface area contributed by atoms with E-state index in [2.05, 4.69) is 9.97 Å². The molecule has 0 fully saturated rings. The van der Waals surface area contributed by atoms with Crippen molar-refractivity contribution < 1.29 is 9.59 Å². The second-order valence-corrected chi connectivity index (χ2v) is 4.89. The highest BCUT2D eigenvalue weighted by atomic mass is 35.5. The Labute approximate surface area is 123 Å². The number of carbonyl (C=O) groups excluding carboxylic acids is 2. The first-order valence-electron chi connectivity index (χ1n) is 5.64. The molecule has 0 radical (unpaired) electrons. The lowest BCUT2D eigenvalue weighted by Gasteiger charge is -2.04. The van der Waals surface area contributed by atoms with Gasteiger partial charge in [-0.3, -0.25) is 19.6 Å². The van der Waals surface area contributed by atoms with Gasteiger partial charge < -0.3 is 0 Å².